The molecule has 1 radical (unpaired) electrons. The number of halogens is 7. The van der Waals surface area contributed by atoms with Crippen molar-refractivity contribution in [1.82, 2.24) is 0 Å². The van der Waals surface area contributed by atoms with Crippen molar-refractivity contribution in [2.75, 3.05) is 0 Å². The van der Waals surface area contributed by atoms with Gasteiger partial charge in [-0.15, -0.1) is 0 Å². The molecule has 0 spiro atoms. The smallest absolute Gasteiger partial charge is 0.290 e. The van der Waals surface area contributed by atoms with Crippen molar-refractivity contribution in [3.05, 3.63) is 29.8 Å². The van der Waals surface area contributed by atoms with Gasteiger partial charge in [-0.25, -0.2) is 0 Å². The first-order valence-corrected chi connectivity index (χ1v) is 4.10. The zero-order valence-corrected chi connectivity index (χ0v) is 7.86. The van der Waals surface area contributed by atoms with Gasteiger partial charge in [-0.05, 0) is 12.1 Å². The summed E-state index contributed by atoms with van der Waals surface area (Å²) in [4.78, 5) is 0. The maximum atomic E-state index is 13.0. The van der Waals surface area contributed by atoms with Crippen LogP contribution in [0.15, 0.2) is 24.3 Å². The van der Waals surface area contributed by atoms with Crippen LogP contribution in [0.3, 0.4) is 0 Å². The normalized spacial score (nSPS) is 13.8. The predicted molar refractivity (Wildman–Crippen MR) is 41.5 cm³/mol. The van der Waals surface area contributed by atoms with E-state index in [0.29, 0.717) is 12.1 Å². The Hall–Kier alpha value is -1.47. The summed E-state index contributed by atoms with van der Waals surface area (Å²) in [6, 6.07) is 1.81. The molecule has 0 N–H and O–H groups in total. The maximum Gasteiger partial charge on any atom is 0.460 e. The quantitative estimate of drug-likeness (QED) is 0.713. The monoisotopic (exact) mass is 261 g/mol. The van der Waals surface area contributed by atoms with E-state index in [1.807, 2.05) is 0 Å². The highest BCUT2D eigenvalue weighted by Crippen LogP contribution is 2.51. The molecule has 1 rings (SSSR count). The molecular weight excluding hydrogens is 257 g/mol. The summed E-state index contributed by atoms with van der Waals surface area (Å²) < 4.78 is 86.5. The second-order valence-electron chi connectivity index (χ2n) is 3.17. The second kappa shape index (κ2) is 3.78. The lowest BCUT2D eigenvalue weighted by molar-refractivity contribution is -0.359. The van der Waals surface area contributed by atoms with E-state index in [9.17, 15) is 35.8 Å². The van der Waals surface area contributed by atoms with E-state index >= 15 is 0 Å². The zero-order chi connectivity index (χ0) is 13.5. The molecule has 0 aliphatic rings. The Labute approximate surface area is 90.5 Å². The van der Waals surface area contributed by atoms with Gasteiger partial charge in [-0.3, -0.25) is 5.11 Å². The van der Waals surface area contributed by atoms with Crippen LogP contribution in [-0.2, 0) is 11.0 Å². The van der Waals surface area contributed by atoms with Crippen molar-refractivity contribution in [3.63, 3.8) is 0 Å². The van der Waals surface area contributed by atoms with Crippen molar-refractivity contribution in [2.24, 2.45) is 0 Å². The Morgan fingerprint density at radius 1 is 0.882 bits per heavy atom. The molecule has 1 aromatic rings. The predicted octanol–water partition coefficient (Wildman–Crippen LogP) is 4.12. The van der Waals surface area contributed by atoms with Crippen LogP contribution >= 0.6 is 0 Å². The number of hydrogen-bond acceptors (Lipinski definition) is 0. The molecule has 0 bridgehead atoms. The van der Waals surface area contributed by atoms with Crippen LogP contribution in [0.4, 0.5) is 30.7 Å². The molecule has 95 valence electrons. The molecule has 0 aliphatic carbocycles. The van der Waals surface area contributed by atoms with Gasteiger partial charge in [0, 0.05) is 5.56 Å². The number of hydrogen-bond donors (Lipinski definition) is 0. The summed E-state index contributed by atoms with van der Waals surface area (Å²) in [5.41, 5.74) is -1.67. The molecule has 0 unspecified atom stereocenters. The first kappa shape index (κ1) is 13.6. The summed E-state index contributed by atoms with van der Waals surface area (Å²) in [5.74, 6) is -12.8. The number of rotatable bonds is 2. The molecule has 17 heavy (non-hydrogen) atoms. The topological polar surface area (TPSA) is 19.9 Å². The van der Waals surface area contributed by atoms with Crippen molar-refractivity contribution in [2.45, 2.75) is 18.0 Å². The van der Waals surface area contributed by atoms with Crippen LogP contribution in [0.2, 0.25) is 0 Å². The van der Waals surface area contributed by atoms with E-state index in [4.69, 9.17) is 0 Å². The highest BCUT2D eigenvalue weighted by atomic mass is 19.4. The Balaban J connectivity index is 3.28. The van der Waals surface area contributed by atoms with Gasteiger partial charge in [0.15, 0.2) is 5.75 Å². The van der Waals surface area contributed by atoms with Crippen LogP contribution in [0.25, 0.3) is 0 Å². The van der Waals surface area contributed by atoms with Gasteiger partial charge in [0.2, 0.25) is 0 Å². The lowest BCUT2D eigenvalue weighted by Crippen LogP contribution is -2.49. The first-order chi connectivity index (χ1) is 7.50. The van der Waals surface area contributed by atoms with Crippen LogP contribution in [0.1, 0.15) is 5.56 Å². The van der Waals surface area contributed by atoms with E-state index in [-0.39, 0.29) is 6.07 Å². The molecule has 0 saturated carbocycles. The molecule has 1 aromatic carbocycles. The van der Waals surface area contributed by atoms with Gasteiger partial charge in [0.1, 0.15) is 0 Å². The van der Waals surface area contributed by atoms with Crippen LogP contribution in [0.5, 0.6) is 5.75 Å². The highest BCUT2D eigenvalue weighted by molar-refractivity contribution is 5.31. The van der Waals surface area contributed by atoms with Crippen LogP contribution in [0, 0.1) is 0 Å². The minimum atomic E-state index is -6.41. The molecule has 0 aromatic heterocycles. The molecule has 0 atom stereocenters. The van der Waals surface area contributed by atoms with Gasteiger partial charge >= 0.3 is 18.0 Å². The second-order valence-corrected chi connectivity index (χ2v) is 3.17. The maximum absolute atomic E-state index is 13.0. The lowest BCUT2D eigenvalue weighted by atomic mass is 10.0. The van der Waals surface area contributed by atoms with E-state index in [1.165, 1.54) is 0 Å². The molecule has 0 amide bonds. The first-order valence-electron chi connectivity index (χ1n) is 4.10. The van der Waals surface area contributed by atoms with Crippen molar-refractivity contribution >= 4 is 0 Å². The third kappa shape index (κ3) is 2.16. The largest absolute Gasteiger partial charge is 0.460 e. The van der Waals surface area contributed by atoms with Crippen molar-refractivity contribution in [1.29, 1.82) is 0 Å². The molecular formula is C9H4F7O. The fraction of sp³-hybridized carbons (Fsp3) is 0.333. The van der Waals surface area contributed by atoms with E-state index < -0.39 is 29.3 Å². The summed E-state index contributed by atoms with van der Waals surface area (Å²) in [6.45, 7) is 0. The van der Waals surface area contributed by atoms with Crippen molar-refractivity contribution in [3.8, 4) is 5.75 Å². The average Bonchev–Trinajstić information content (AvgIpc) is 2.15. The fourth-order valence-corrected chi connectivity index (χ4v) is 1.05. The van der Waals surface area contributed by atoms with Gasteiger partial charge in [0.05, 0.1) is 0 Å². The van der Waals surface area contributed by atoms with E-state index in [2.05, 4.69) is 0 Å². The molecule has 0 heterocycles. The Morgan fingerprint density at radius 2 is 1.41 bits per heavy atom. The third-order valence-electron chi connectivity index (χ3n) is 1.95. The molecule has 8 heteroatoms. The Bertz CT molecular complexity index is 410. The average molecular weight is 261 g/mol. The van der Waals surface area contributed by atoms with Crippen LogP contribution < -0.4 is 0 Å². The van der Waals surface area contributed by atoms with Gasteiger partial charge in [-0.1, -0.05) is 12.1 Å². The SMILES string of the molecule is [O]c1cccc(C(F)(F)C(F)(F)C(F)(F)F)c1. The third-order valence-corrected chi connectivity index (χ3v) is 1.95. The minimum Gasteiger partial charge on any atom is -0.290 e. The summed E-state index contributed by atoms with van der Waals surface area (Å²) in [6.07, 6.45) is -6.41. The number of benzene rings is 1. The van der Waals surface area contributed by atoms with E-state index in [0.717, 1.165) is 6.07 Å². The lowest BCUT2D eigenvalue weighted by Gasteiger charge is -2.28. The molecule has 1 nitrogen and oxygen atoms in total. The Kier molecular flexibility index (Phi) is 3.02. The van der Waals surface area contributed by atoms with Gasteiger partial charge in [-0.2, -0.15) is 30.7 Å². The standard InChI is InChI=1S/C9H4F7O/c10-7(11,8(12,13)9(14,15)16)5-2-1-3-6(17)4-5/h1-4H. The zero-order valence-electron chi connectivity index (χ0n) is 7.86. The van der Waals surface area contributed by atoms with Crippen molar-refractivity contribution < 1.29 is 35.8 Å². The molecule has 0 saturated heterocycles. The van der Waals surface area contributed by atoms with Gasteiger partial charge < -0.3 is 0 Å². The van der Waals surface area contributed by atoms with E-state index in [1.54, 1.807) is 0 Å². The molecule has 0 aliphatic heterocycles. The van der Waals surface area contributed by atoms with Gasteiger partial charge in [0.25, 0.3) is 0 Å². The number of alkyl halides is 7. The Morgan fingerprint density at radius 3 is 1.82 bits per heavy atom. The summed E-state index contributed by atoms with van der Waals surface area (Å²) in [5, 5.41) is 10.7. The fourth-order valence-electron chi connectivity index (χ4n) is 1.05. The van der Waals surface area contributed by atoms with Crippen LogP contribution in [-0.4, -0.2) is 12.1 Å². The summed E-state index contributed by atoms with van der Waals surface area (Å²) in [7, 11) is 0. The molecule has 0 fully saturated rings. The minimum absolute atomic E-state index is 0.0413. The highest BCUT2D eigenvalue weighted by Gasteiger charge is 2.73. The summed E-state index contributed by atoms with van der Waals surface area (Å²) >= 11 is 0.